The van der Waals surface area contributed by atoms with Crippen LogP contribution in [0.15, 0.2) is 42.6 Å². The average Bonchev–Trinajstić information content (AvgIpc) is 3.09. The highest BCUT2D eigenvalue weighted by Crippen LogP contribution is 2.20. The molecule has 1 aliphatic rings. The number of rotatable bonds is 4. The molecule has 0 aliphatic carbocycles. The Morgan fingerprint density at radius 3 is 2.85 bits per heavy atom. The molecule has 1 aromatic heterocycles. The summed E-state index contributed by atoms with van der Waals surface area (Å²) in [5.74, 6) is -0.731. The van der Waals surface area contributed by atoms with Gasteiger partial charge in [0, 0.05) is 12.7 Å². The third-order valence-corrected chi connectivity index (χ3v) is 3.68. The third-order valence-electron chi connectivity index (χ3n) is 3.68. The Labute approximate surface area is 117 Å². The zero-order valence-electron chi connectivity index (χ0n) is 11.1. The van der Waals surface area contributed by atoms with Crippen molar-refractivity contribution in [1.82, 2.24) is 14.7 Å². The molecule has 2 heterocycles. The molecule has 0 bridgehead atoms. The molecule has 104 valence electrons. The van der Waals surface area contributed by atoms with Gasteiger partial charge >= 0.3 is 5.97 Å². The highest BCUT2D eigenvalue weighted by Gasteiger charge is 2.30. The number of carboxylic acids is 1. The van der Waals surface area contributed by atoms with Crippen LogP contribution in [0.4, 0.5) is 0 Å². The normalized spacial score (nSPS) is 19.3. The molecule has 1 aliphatic heterocycles. The third kappa shape index (κ3) is 2.58. The molecule has 0 amide bonds. The van der Waals surface area contributed by atoms with Crippen molar-refractivity contribution in [3.05, 3.63) is 48.3 Å². The molecular weight excluding hydrogens is 254 g/mol. The van der Waals surface area contributed by atoms with Crippen LogP contribution in [0.3, 0.4) is 0 Å². The summed E-state index contributed by atoms with van der Waals surface area (Å²) in [4.78, 5) is 13.1. The van der Waals surface area contributed by atoms with Crippen LogP contribution < -0.4 is 0 Å². The van der Waals surface area contributed by atoms with Gasteiger partial charge in [0.15, 0.2) is 0 Å². The Morgan fingerprint density at radius 2 is 2.10 bits per heavy atom. The molecule has 3 rings (SSSR count). The second kappa shape index (κ2) is 5.46. The number of aliphatic carboxylic acids is 1. The number of carbonyl (C=O) groups is 1. The van der Waals surface area contributed by atoms with Gasteiger partial charge in [-0.1, -0.05) is 18.2 Å². The van der Waals surface area contributed by atoms with Crippen LogP contribution in [-0.4, -0.2) is 38.3 Å². The second-order valence-corrected chi connectivity index (χ2v) is 5.05. The van der Waals surface area contributed by atoms with Gasteiger partial charge in [-0.15, -0.1) is 0 Å². The summed E-state index contributed by atoms with van der Waals surface area (Å²) in [6, 6.07) is 11.5. The number of carboxylic acid groups (broad SMARTS) is 1. The van der Waals surface area contributed by atoms with E-state index in [1.54, 1.807) is 0 Å². The molecule has 5 nitrogen and oxygen atoms in total. The van der Waals surface area contributed by atoms with Crippen molar-refractivity contribution in [2.24, 2.45) is 0 Å². The minimum Gasteiger partial charge on any atom is -0.480 e. The maximum absolute atomic E-state index is 11.2. The molecule has 1 atom stereocenters. The number of hydrogen-bond acceptors (Lipinski definition) is 3. The second-order valence-electron chi connectivity index (χ2n) is 5.05. The summed E-state index contributed by atoms with van der Waals surface area (Å²) in [5.41, 5.74) is 1.91. The lowest BCUT2D eigenvalue weighted by atomic mass is 10.2. The van der Waals surface area contributed by atoms with E-state index >= 15 is 0 Å². The number of nitrogens with zero attached hydrogens (tertiary/aromatic N) is 3. The lowest BCUT2D eigenvalue weighted by Gasteiger charge is -2.19. The first-order valence-corrected chi connectivity index (χ1v) is 6.81. The topological polar surface area (TPSA) is 58.4 Å². The van der Waals surface area contributed by atoms with Gasteiger partial charge in [-0.3, -0.25) is 9.69 Å². The van der Waals surface area contributed by atoms with Gasteiger partial charge in [0.1, 0.15) is 6.04 Å². The first-order valence-electron chi connectivity index (χ1n) is 6.81. The van der Waals surface area contributed by atoms with Crippen LogP contribution in [0.2, 0.25) is 0 Å². The van der Waals surface area contributed by atoms with Crippen LogP contribution in [0.5, 0.6) is 0 Å². The Kier molecular flexibility index (Phi) is 3.52. The fraction of sp³-hybridized carbons (Fsp3) is 0.333. The standard InChI is InChI=1S/C15H17N3O2/c19-15(20)14-7-4-9-17(14)11-12-8-10-18(16-12)13-5-2-1-3-6-13/h1-3,5-6,8,10,14H,4,7,9,11H2,(H,19,20)/t14-/m0/s1. The van der Waals surface area contributed by atoms with E-state index in [-0.39, 0.29) is 6.04 Å². The smallest absolute Gasteiger partial charge is 0.320 e. The molecule has 2 aromatic rings. The SMILES string of the molecule is O=C(O)[C@@H]1CCCN1Cc1ccn(-c2ccccc2)n1. The number of hydrogen-bond donors (Lipinski definition) is 1. The van der Waals surface area contributed by atoms with Crippen molar-refractivity contribution < 1.29 is 9.90 Å². The van der Waals surface area contributed by atoms with E-state index < -0.39 is 5.97 Å². The van der Waals surface area contributed by atoms with Gasteiger partial charge in [0.2, 0.25) is 0 Å². The molecular formula is C15H17N3O2. The maximum Gasteiger partial charge on any atom is 0.320 e. The fourth-order valence-corrected chi connectivity index (χ4v) is 2.67. The first kappa shape index (κ1) is 12.9. The molecule has 0 saturated carbocycles. The summed E-state index contributed by atoms with van der Waals surface area (Å²) in [7, 11) is 0. The van der Waals surface area contributed by atoms with Gasteiger partial charge in [-0.05, 0) is 37.6 Å². The number of likely N-dealkylation sites (tertiary alicyclic amines) is 1. The fourth-order valence-electron chi connectivity index (χ4n) is 2.67. The summed E-state index contributed by atoms with van der Waals surface area (Å²) >= 11 is 0. The first-order chi connectivity index (χ1) is 9.74. The summed E-state index contributed by atoms with van der Waals surface area (Å²) in [5, 5.41) is 13.7. The van der Waals surface area contributed by atoms with E-state index in [1.165, 1.54) is 0 Å². The predicted octanol–water partition coefficient (Wildman–Crippen LogP) is 1.92. The molecule has 1 N–H and O–H groups in total. The van der Waals surface area contributed by atoms with Crippen LogP contribution in [-0.2, 0) is 11.3 Å². The minimum absolute atomic E-state index is 0.364. The monoisotopic (exact) mass is 271 g/mol. The van der Waals surface area contributed by atoms with Crippen LogP contribution >= 0.6 is 0 Å². The lowest BCUT2D eigenvalue weighted by molar-refractivity contribution is -0.142. The number of aromatic nitrogens is 2. The molecule has 1 fully saturated rings. The van der Waals surface area contributed by atoms with Gasteiger partial charge in [0.25, 0.3) is 0 Å². The molecule has 1 aromatic carbocycles. The maximum atomic E-state index is 11.2. The molecule has 0 radical (unpaired) electrons. The van der Waals surface area contributed by atoms with Crippen molar-refractivity contribution in [2.75, 3.05) is 6.54 Å². The van der Waals surface area contributed by atoms with E-state index in [0.717, 1.165) is 30.8 Å². The quantitative estimate of drug-likeness (QED) is 0.923. The van der Waals surface area contributed by atoms with E-state index in [0.29, 0.717) is 6.54 Å². The number of para-hydroxylation sites is 1. The molecule has 0 unspecified atom stereocenters. The van der Waals surface area contributed by atoms with Crippen molar-refractivity contribution >= 4 is 5.97 Å². The Balaban J connectivity index is 1.73. The molecule has 0 spiro atoms. The zero-order valence-corrected chi connectivity index (χ0v) is 11.1. The van der Waals surface area contributed by atoms with Crippen molar-refractivity contribution in [3.63, 3.8) is 0 Å². The average molecular weight is 271 g/mol. The largest absolute Gasteiger partial charge is 0.480 e. The van der Waals surface area contributed by atoms with Crippen molar-refractivity contribution in [1.29, 1.82) is 0 Å². The molecule has 5 heteroatoms. The van der Waals surface area contributed by atoms with Crippen LogP contribution in [0.1, 0.15) is 18.5 Å². The summed E-state index contributed by atoms with van der Waals surface area (Å²) in [6.45, 7) is 1.42. The minimum atomic E-state index is -0.731. The van der Waals surface area contributed by atoms with Gasteiger partial charge < -0.3 is 5.11 Å². The van der Waals surface area contributed by atoms with Crippen molar-refractivity contribution in [3.8, 4) is 5.69 Å². The van der Waals surface area contributed by atoms with Gasteiger partial charge in [0.05, 0.1) is 11.4 Å². The Hall–Kier alpha value is -2.14. The number of benzene rings is 1. The van der Waals surface area contributed by atoms with E-state index in [4.69, 9.17) is 0 Å². The predicted molar refractivity (Wildman–Crippen MR) is 74.6 cm³/mol. The Bertz CT molecular complexity index is 594. The summed E-state index contributed by atoms with van der Waals surface area (Å²) < 4.78 is 1.82. The van der Waals surface area contributed by atoms with Crippen LogP contribution in [0.25, 0.3) is 5.69 Å². The van der Waals surface area contributed by atoms with Gasteiger partial charge in [-0.2, -0.15) is 5.10 Å². The van der Waals surface area contributed by atoms with Crippen molar-refractivity contribution in [2.45, 2.75) is 25.4 Å². The van der Waals surface area contributed by atoms with Gasteiger partial charge in [-0.25, -0.2) is 4.68 Å². The zero-order chi connectivity index (χ0) is 13.9. The van der Waals surface area contributed by atoms with Crippen LogP contribution in [0, 0.1) is 0 Å². The lowest BCUT2D eigenvalue weighted by Crippen LogP contribution is -2.35. The Morgan fingerprint density at radius 1 is 1.30 bits per heavy atom. The highest BCUT2D eigenvalue weighted by atomic mass is 16.4. The molecule has 1 saturated heterocycles. The summed E-state index contributed by atoms with van der Waals surface area (Å²) in [6.07, 6.45) is 3.58. The van der Waals surface area contributed by atoms with E-state index in [1.807, 2.05) is 52.2 Å². The molecule has 20 heavy (non-hydrogen) atoms. The van der Waals surface area contributed by atoms with E-state index in [9.17, 15) is 9.90 Å². The van der Waals surface area contributed by atoms with E-state index in [2.05, 4.69) is 5.10 Å². The highest BCUT2D eigenvalue weighted by molar-refractivity contribution is 5.73.